The van der Waals surface area contributed by atoms with Gasteiger partial charge in [-0.1, -0.05) is 12.8 Å². The Morgan fingerprint density at radius 1 is 1.25 bits per heavy atom. The molecule has 0 aromatic carbocycles. The number of nitrogens with one attached hydrogen (secondary N) is 2. The third-order valence-corrected chi connectivity index (χ3v) is 5.22. The monoisotopic (exact) mass is 348 g/mol. The standard InChI is InChI=1S/C17H28N6S/c1-18-16(19-7-6-10-22-8-4-2-3-5-9-22)20-13-15-14-23-11-12-24-17(23)21-15/h11-12,14H,2-10,13H2,1H3,(H2,18,19,20). The molecule has 1 fully saturated rings. The summed E-state index contributed by atoms with van der Waals surface area (Å²) in [4.78, 5) is 12.5. The quantitative estimate of drug-likeness (QED) is 0.478. The van der Waals surface area contributed by atoms with Crippen LogP contribution in [-0.2, 0) is 6.54 Å². The summed E-state index contributed by atoms with van der Waals surface area (Å²) in [6.07, 6.45) is 10.8. The number of guanidine groups is 1. The average molecular weight is 349 g/mol. The van der Waals surface area contributed by atoms with E-state index in [2.05, 4.69) is 36.1 Å². The first kappa shape index (κ1) is 17.2. The van der Waals surface area contributed by atoms with E-state index in [4.69, 9.17) is 0 Å². The first-order valence-electron chi connectivity index (χ1n) is 8.93. The van der Waals surface area contributed by atoms with Gasteiger partial charge in [0, 0.05) is 31.4 Å². The Hall–Kier alpha value is -1.60. The van der Waals surface area contributed by atoms with Crippen LogP contribution in [0.25, 0.3) is 4.96 Å². The van der Waals surface area contributed by atoms with Crippen molar-refractivity contribution in [2.45, 2.75) is 38.6 Å². The Labute approximate surface area is 148 Å². The van der Waals surface area contributed by atoms with Gasteiger partial charge in [0.25, 0.3) is 0 Å². The summed E-state index contributed by atoms with van der Waals surface area (Å²) in [7, 11) is 1.82. The van der Waals surface area contributed by atoms with Gasteiger partial charge in [-0.15, -0.1) is 11.3 Å². The maximum absolute atomic E-state index is 4.58. The molecule has 0 bridgehead atoms. The van der Waals surface area contributed by atoms with E-state index in [0.717, 1.165) is 29.6 Å². The minimum absolute atomic E-state index is 0.695. The fourth-order valence-electron chi connectivity index (χ4n) is 3.13. The lowest BCUT2D eigenvalue weighted by Crippen LogP contribution is -2.38. The van der Waals surface area contributed by atoms with E-state index in [1.165, 1.54) is 45.3 Å². The fourth-order valence-corrected chi connectivity index (χ4v) is 3.84. The smallest absolute Gasteiger partial charge is 0.193 e. The van der Waals surface area contributed by atoms with Crippen LogP contribution in [0.15, 0.2) is 22.8 Å². The van der Waals surface area contributed by atoms with Crippen LogP contribution >= 0.6 is 11.3 Å². The van der Waals surface area contributed by atoms with Gasteiger partial charge >= 0.3 is 0 Å². The highest BCUT2D eigenvalue weighted by molar-refractivity contribution is 7.15. The molecule has 0 spiro atoms. The van der Waals surface area contributed by atoms with Crippen LogP contribution in [0.2, 0.25) is 0 Å². The largest absolute Gasteiger partial charge is 0.356 e. The Bertz CT molecular complexity index is 610. The van der Waals surface area contributed by atoms with E-state index in [0.29, 0.717) is 6.54 Å². The molecule has 0 aliphatic carbocycles. The van der Waals surface area contributed by atoms with E-state index < -0.39 is 0 Å². The molecule has 2 aromatic rings. The van der Waals surface area contributed by atoms with Crippen LogP contribution in [0.3, 0.4) is 0 Å². The highest BCUT2D eigenvalue weighted by Gasteiger charge is 2.08. The van der Waals surface area contributed by atoms with Gasteiger partial charge in [-0.2, -0.15) is 0 Å². The topological polar surface area (TPSA) is 57.0 Å². The van der Waals surface area contributed by atoms with Crippen LogP contribution in [0.1, 0.15) is 37.8 Å². The summed E-state index contributed by atoms with van der Waals surface area (Å²) in [5.41, 5.74) is 1.04. The molecule has 6 nitrogen and oxygen atoms in total. The van der Waals surface area contributed by atoms with Crippen molar-refractivity contribution in [3.05, 3.63) is 23.5 Å². The third-order valence-electron chi connectivity index (χ3n) is 4.45. The zero-order chi connectivity index (χ0) is 16.6. The first-order chi connectivity index (χ1) is 11.8. The molecule has 0 unspecified atom stereocenters. The normalized spacial score (nSPS) is 17.1. The van der Waals surface area contributed by atoms with Gasteiger partial charge in [0.2, 0.25) is 0 Å². The molecule has 0 radical (unpaired) electrons. The lowest BCUT2D eigenvalue weighted by atomic mass is 10.2. The third kappa shape index (κ3) is 4.95. The van der Waals surface area contributed by atoms with Gasteiger partial charge in [-0.3, -0.25) is 9.39 Å². The molecule has 2 N–H and O–H groups in total. The minimum atomic E-state index is 0.695. The molecule has 1 aliphatic rings. The molecule has 24 heavy (non-hydrogen) atoms. The lowest BCUT2D eigenvalue weighted by Gasteiger charge is -2.20. The predicted octanol–water partition coefficient (Wildman–Crippen LogP) is 2.33. The molecule has 1 aliphatic heterocycles. The molecule has 0 amide bonds. The summed E-state index contributed by atoms with van der Waals surface area (Å²) in [6.45, 7) is 5.37. The van der Waals surface area contributed by atoms with E-state index in [-0.39, 0.29) is 0 Å². The zero-order valence-corrected chi connectivity index (χ0v) is 15.3. The lowest BCUT2D eigenvalue weighted by molar-refractivity contribution is 0.282. The van der Waals surface area contributed by atoms with Gasteiger partial charge in [-0.25, -0.2) is 4.98 Å². The number of thiazole rings is 1. The van der Waals surface area contributed by atoms with Gasteiger partial charge in [0.15, 0.2) is 10.9 Å². The van der Waals surface area contributed by atoms with Crippen molar-refractivity contribution in [3.8, 4) is 0 Å². The van der Waals surface area contributed by atoms with Crippen LogP contribution < -0.4 is 10.6 Å². The van der Waals surface area contributed by atoms with Crippen molar-refractivity contribution < 1.29 is 0 Å². The van der Waals surface area contributed by atoms with Crippen molar-refractivity contribution in [1.29, 1.82) is 0 Å². The number of aromatic nitrogens is 2. The highest BCUT2D eigenvalue weighted by Crippen LogP contribution is 2.11. The maximum Gasteiger partial charge on any atom is 0.193 e. The number of nitrogens with zero attached hydrogens (tertiary/aromatic N) is 4. The molecule has 132 valence electrons. The highest BCUT2D eigenvalue weighted by atomic mass is 32.1. The van der Waals surface area contributed by atoms with Gasteiger partial charge in [0.1, 0.15) is 0 Å². The van der Waals surface area contributed by atoms with E-state index in [9.17, 15) is 0 Å². The molecule has 3 rings (SSSR count). The first-order valence-corrected chi connectivity index (χ1v) is 9.81. The van der Waals surface area contributed by atoms with E-state index in [1.807, 2.05) is 18.6 Å². The Balaban J connectivity index is 1.35. The molecular weight excluding hydrogens is 320 g/mol. The van der Waals surface area contributed by atoms with Crippen molar-refractivity contribution >= 4 is 22.3 Å². The molecule has 0 saturated carbocycles. The zero-order valence-electron chi connectivity index (χ0n) is 14.5. The second-order valence-corrected chi connectivity index (χ2v) is 7.16. The number of fused-ring (bicyclic) bond motifs is 1. The minimum Gasteiger partial charge on any atom is -0.356 e. The fraction of sp³-hybridized carbons (Fsp3) is 0.647. The SMILES string of the molecule is CN=C(NCCCN1CCCCCC1)NCc1cn2ccsc2n1. The predicted molar refractivity (Wildman–Crippen MR) is 101 cm³/mol. The second kappa shape index (κ2) is 9.03. The van der Waals surface area contributed by atoms with Gasteiger partial charge in [-0.05, 0) is 38.9 Å². The second-order valence-electron chi connectivity index (χ2n) is 6.29. The summed E-state index contributed by atoms with van der Waals surface area (Å²) >= 11 is 1.65. The van der Waals surface area contributed by atoms with Crippen molar-refractivity contribution in [3.63, 3.8) is 0 Å². The van der Waals surface area contributed by atoms with Crippen molar-refractivity contribution in [2.75, 3.05) is 33.2 Å². The summed E-state index contributed by atoms with van der Waals surface area (Å²) in [5, 5.41) is 8.79. The van der Waals surface area contributed by atoms with Crippen LogP contribution in [0.4, 0.5) is 0 Å². The molecular formula is C17H28N6S. The van der Waals surface area contributed by atoms with Crippen LogP contribution in [0.5, 0.6) is 0 Å². The average Bonchev–Trinajstić information content (AvgIpc) is 3.08. The van der Waals surface area contributed by atoms with E-state index >= 15 is 0 Å². The Kier molecular flexibility index (Phi) is 6.48. The number of rotatable bonds is 6. The van der Waals surface area contributed by atoms with E-state index in [1.54, 1.807) is 11.3 Å². The number of aliphatic imine (C=N–C) groups is 1. The number of likely N-dealkylation sites (tertiary alicyclic amines) is 1. The number of hydrogen-bond donors (Lipinski definition) is 2. The van der Waals surface area contributed by atoms with Gasteiger partial charge < -0.3 is 15.5 Å². The van der Waals surface area contributed by atoms with Gasteiger partial charge in [0.05, 0.1) is 12.2 Å². The summed E-state index contributed by atoms with van der Waals surface area (Å²) < 4.78 is 2.05. The number of hydrogen-bond acceptors (Lipinski definition) is 4. The molecule has 7 heteroatoms. The summed E-state index contributed by atoms with van der Waals surface area (Å²) in [6, 6.07) is 0. The Morgan fingerprint density at radius 2 is 2.08 bits per heavy atom. The molecule has 2 aromatic heterocycles. The van der Waals surface area contributed by atoms with Crippen molar-refractivity contribution in [2.24, 2.45) is 4.99 Å². The van der Waals surface area contributed by atoms with Crippen LogP contribution in [0, 0.1) is 0 Å². The number of imidazole rings is 1. The van der Waals surface area contributed by atoms with Crippen molar-refractivity contribution in [1.82, 2.24) is 24.9 Å². The van der Waals surface area contributed by atoms with Crippen LogP contribution in [-0.4, -0.2) is 53.5 Å². The maximum atomic E-state index is 4.58. The molecule has 0 atom stereocenters. The molecule has 1 saturated heterocycles. The Morgan fingerprint density at radius 3 is 2.83 bits per heavy atom. The molecule has 3 heterocycles. The summed E-state index contributed by atoms with van der Waals surface area (Å²) in [5.74, 6) is 0.849.